The molecular weight excluding hydrogens is 355 g/mol. The van der Waals surface area contributed by atoms with Crippen LogP contribution in [0.1, 0.15) is 18.1 Å². The lowest BCUT2D eigenvalue weighted by Crippen LogP contribution is -2.33. The number of hydrogen-bond donors (Lipinski definition) is 1. The number of benzene rings is 2. The fourth-order valence-corrected chi connectivity index (χ4v) is 3.67. The second-order valence-corrected chi connectivity index (χ2v) is 7.23. The molecule has 3 nitrogen and oxygen atoms in total. The summed E-state index contributed by atoms with van der Waals surface area (Å²) in [5.41, 5.74) is 2.83. The Morgan fingerprint density at radius 3 is 2.68 bits per heavy atom. The lowest BCUT2D eigenvalue weighted by molar-refractivity contribution is -0.121. The molecule has 6 heteroatoms. The number of carbonyl (C=O) groups is 1. The van der Waals surface area contributed by atoms with Gasteiger partial charge in [0.05, 0.1) is 11.6 Å². The van der Waals surface area contributed by atoms with E-state index < -0.39 is 0 Å². The summed E-state index contributed by atoms with van der Waals surface area (Å²) < 4.78 is 13.8. The third-order valence-corrected chi connectivity index (χ3v) is 5.20. The maximum absolute atomic E-state index is 13.3. The van der Waals surface area contributed by atoms with E-state index in [4.69, 9.17) is 12.2 Å². The number of rotatable bonds is 5. The number of thiocarbonyl (C=S) groups is 1. The van der Waals surface area contributed by atoms with Crippen molar-refractivity contribution in [2.45, 2.75) is 13.3 Å². The van der Waals surface area contributed by atoms with Crippen LogP contribution in [0.4, 0.5) is 10.1 Å². The van der Waals surface area contributed by atoms with Gasteiger partial charge in [0.2, 0.25) is 0 Å². The van der Waals surface area contributed by atoms with E-state index in [1.54, 1.807) is 18.2 Å². The fourth-order valence-electron chi connectivity index (χ4n) is 2.41. The molecule has 0 spiro atoms. The molecule has 2 aromatic rings. The van der Waals surface area contributed by atoms with Gasteiger partial charge in [-0.05, 0) is 47.9 Å². The largest absolute Gasteiger partial charge is 0.367 e. The maximum Gasteiger partial charge on any atom is 0.267 e. The van der Waals surface area contributed by atoms with Crippen molar-refractivity contribution in [1.29, 1.82) is 0 Å². The highest BCUT2D eigenvalue weighted by Crippen LogP contribution is 2.32. The quantitative estimate of drug-likeness (QED) is 0.611. The van der Waals surface area contributed by atoms with Crippen LogP contribution >= 0.6 is 24.0 Å². The molecule has 0 atom stereocenters. The van der Waals surface area contributed by atoms with Crippen LogP contribution < -0.4 is 5.32 Å². The Morgan fingerprint density at radius 1 is 1.24 bits per heavy atom. The summed E-state index contributed by atoms with van der Waals surface area (Å²) in [5.74, 6) is -0.502. The average Bonchev–Trinajstić information content (AvgIpc) is 2.87. The first-order chi connectivity index (χ1) is 12.1. The lowest BCUT2D eigenvalue weighted by atomic mass is 10.1. The number of amides is 1. The van der Waals surface area contributed by atoms with Gasteiger partial charge in [0, 0.05) is 5.69 Å². The molecule has 0 saturated carbocycles. The molecule has 2 aromatic carbocycles. The number of thioether (sulfide) groups is 1. The molecule has 1 aliphatic heterocycles. The molecule has 1 heterocycles. The summed E-state index contributed by atoms with van der Waals surface area (Å²) in [5, 5.41) is 3.21. The van der Waals surface area contributed by atoms with Crippen molar-refractivity contribution in [3.63, 3.8) is 0 Å². The minimum Gasteiger partial charge on any atom is -0.367 e. The second kappa shape index (κ2) is 7.80. The average molecular weight is 372 g/mol. The van der Waals surface area contributed by atoms with Gasteiger partial charge in [0.25, 0.3) is 5.91 Å². The van der Waals surface area contributed by atoms with E-state index in [1.165, 1.54) is 34.4 Å². The molecule has 1 N–H and O–H groups in total. The maximum atomic E-state index is 13.3. The summed E-state index contributed by atoms with van der Waals surface area (Å²) in [6.45, 7) is 2.41. The van der Waals surface area contributed by atoms with E-state index in [1.807, 2.05) is 12.1 Å². The Balaban J connectivity index is 1.68. The predicted molar refractivity (Wildman–Crippen MR) is 106 cm³/mol. The fraction of sp³-hybridized carbons (Fsp3) is 0.158. The van der Waals surface area contributed by atoms with E-state index >= 15 is 0 Å². The van der Waals surface area contributed by atoms with Crippen LogP contribution in [0.15, 0.2) is 53.4 Å². The Hall–Kier alpha value is -2.18. The summed E-state index contributed by atoms with van der Waals surface area (Å²) in [6, 6.07) is 14.2. The van der Waals surface area contributed by atoms with E-state index in [-0.39, 0.29) is 11.7 Å². The van der Waals surface area contributed by atoms with Crippen LogP contribution in [0.25, 0.3) is 6.08 Å². The molecule has 128 valence electrons. The Bertz CT molecular complexity index is 834. The zero-order valence-electron chi connectivity index (χ0n) is 13.7. The number of nitrogens with zero attached hydrogens (tertiary/aromatic N) is 1. The molecule has 25 heavy (non-hydrogen) atoms. The van der Waals surface area contributed by atoms with Crippen molar-refractivity contribution in [1.82, 2.24) is 4.90 Å². The van der Waals surface area contributed by atoms with Crippen LogP contribution in [0, 0.1) is 5.82 Å². The van der Waals surface area contributed by atoms with Gasteiger partial charge in [-0.2, -0.15) is 0 Å². The van der Waals surface area contributed by atoms with Gasteiger partial charge in [0.1, 0.15) is 10.1 Å². The lowest BCUT2D eigenvalue weighted by Gasteiger charge is -2.16. The monoisotopic (exact) mass is 372 g/mol. The number of nitrogens with one attached hydrogen (secondary N) is 1. The smallest absolute Gasteiger partial charge is 0.267 e. The number of halogens is 1. The molecule has 0 aromatic heterocycles. The molecule has 3 rings (SSSR count). The zero-order valence-corrected chi connectivity index (χ0v) is 15.3. The van der Waals surface area contributed by atoms with Gasteiger partial charge in [-0.1, -0.05) is 55.2 Å². The van der Waals surface area contributed by atoms with Gasteiger partial charge in [-0.15, -0.1) is 0 Å². The van der Waals surface area contributed by atoms with Gasteiger partial charge >= 0.3 is 0 Å². The first kappa shape index (κ1) is 17.6. The van der Waals surface area contributed by atoms with Crippen molar-refractivity contribution in [3.8, 4) is 0 Å². The highest BCUT2D eigenvalue weighted by atomic mass is 32.2. The normalized spacial score (nSPS) is 15.9. The van der Waals surface area contributed by atoms with Crippen LogP contribution in [-0.2, 0) is 11.2 Å². The summed E-state index contributed by atoms with van der Waals surface area (Å²) in [7, 11) is 0. The molecule has 1 fully saturated rings. The van der Waals surface area contributed by atoms with Crippen molar-refractivity contribution >= 4 is 46.0 Å². The van der Waals surface area contributed by atoms with Gasteiger partial charge in [0.15, 0.2) is 0 Å². The van der Waals surface area contributed by atoms with E-state index in [9.17, 15) is 9.18 Å². The third-order valence-electron chi connectivity index (χ3n) is 3.82. The zero-order chi connectivity index (χ0) is 17.8. The molecule has 1 aliphatic rings. The standard InChI is InChI=1S/C19H17FN2OS2/c1-2-13-6-8-16(9-7-13)21-12-22-18(23)17(25-19(22)24)11-14-4-3-5-15(20)10-14/h3-11,21H,2,12H2,1H3/b17-11+. The topological polar surface area (TPSA) is 32.3 Å². The second-order valence-electron chi connectivity index (χ2n) is 5.55. The Kier molecular flexibility index (Phi) is 5.50. The van der Waals surface area contributed by atoms with E-state index in [0.29, 0.717) is 21.5 Å². The first-order valence-electron chi connectivity index (χ1n) is 7.90. The van der Waals surface area contributed by atoms with Crippen LogP contribution in [0.3, 0.4) is 0 Å². The highest BCUT2D eigenvalue weighted by molar-refractivity contribution is 8.26. The summed E-state index contributed by atoms with van der Waals surface area (Å²) in [4.78, 5) is 14.6. The van der Waals surface area contributed by atoms with Gasteiger partial charge in [-0.3, -0.25) is 9.69 Å². The minimum absolute atomic E-state index is 0.170. The Morgan fingerprint density at radius 2 is 2.00 bits per heavy atom. The SMILES string of the molecule is CCc1ccc(NCN2C(=O)/C(=C\c3cccc(F)c3)SC2=S)cc1. The molecule has 0 aliphatic carbocycles. The molecular formula is C19H17FN2OS2. The predicted octanol–water partition coefficient (Wildman–Crippen LogP) is 4.66. The summed E-state index contributed by atoms with van der Waals surface area (Å²) >= 11 is 6.53. The number of anilines is 1. The highest BCUT2D eigenvalue weighted by Gasteiger charge is 2.31. The van der Waals surface area contributed by atoms with Crippen LogP contribution in [0.5, 0.6) is 0 Å². The molecule has 0 unspecified atom stereocenters. The van der Waals surface area contributed by atoms with E-state index in [2.05, 4.69) is 24.4 Å². The van der Waals surface area contributed by atoms with Crippen molar-refractivity contribution < 1.29 is 9.18 Å². The molecule has 0 radical (unpaired) electrons. The molecule has 0 bridgehead atoms. The molecule has 1 saturated heterocycles. The van der Waals surface area contributed by atoms with E-state index in [0.717, 1.165) is 12.1 Å². The summed E-state index contributed by atoms with van der Waals surface area (Å²) in [6.07, 6.45) is 2.65. The van der Waals surface area contributed by atoms with Crippen molar-refractivity contribution in [3.05, 3.63) is 70.4 Å². The Labute approximate surface area is 155 Å². The molecule has 1 amide bonds. The van der Waals surface area contributed by atoms with Gasteiger partial charge < -0.3 is 5.32 Å². The number of carbonyl (C=O) groups excluding carboxylic acids is 1. The first-order valence-corrected chi connectivity index (χ1v) is 9.13. The number of aryl methyl sites for hydroxylation is 1. The van der Waals surface area contributed by atoms with Crippen LogP contribution in [0.2, 0.25) is 0 Å². The minimum atomic E-state index is -0.332. The third kappa shape index (κ3) is 4.27. The van der Waals surface area contributed by atoms with Gasteiger partial charge in [-0.25, -0.2) is 4.39 Å². The number of hydrogen-bond acceptors (Lipinski definition) is 4. The van der Waals surface area contributed by atoms with Crippen LogP contribution in [-0.4, -0.2) is 21.8 Å². The van der Waals surface area contributed by atoms with Crippen molar-refractivity contribution in [2.75, 3.05) is 12.0 Å². The van der Waals surface area contributed by atoms with Crippen molar-refractivity contribution in [2.24, 2.45) is 0 Å².